The minimum atomic E-state index is -0.0119. The number of hydrogen-bond acceptors (Lipinski definition) is 7. The second-order valence-corrected chi connectivity index (χ2v) is 18.2. The number of rotatable bonds is 44. The molecule has 0 atom stereocenters. The molecule has 0 aromatic carbocycles. The lowest BCUT2D eigenvalue weighted by Gasteiger charge is -2.21. The van der Waals surface area contributed by atoms with Crippen molar-refractivity contribution in [2.75, 3.05) is 33.4 Å². The number of hydrogen-bond donors (Lipinski definition) is 0. The van der Waals surface area contributed by atoms with Gasteiger partial charge in [0, 0.05) is 25.4 Å². The Morgan fingerprint density at radius 3 is 1.10 bits per heavy atom. The van der Waals surface area contributed by atoms with Crippen LogP contribution in [0.25, 0.3) is 0 Å². The summed E-state index contributed by atoms with van der Waals surface area (Å²) in [6.07, 6.45) is 36.3. The van der Waals surface area contributed by atoms with E-state index >= 15 is 0 Å². The van der Waals surface area contributed by atoms with Crippen LogP contribution in [0.4, 0.5) is 0 Å². The van der Waals surface area contributed by atoms with Gasteiger partial charge in [0.25, 0.3) is 0 Å². The van der Waals surface area contributed by atoms with E-state index in [-0.39, 0.29) is 23.8 Å². The van der Waals surface area contributed by atoms with Gasteiger partial charge in [0.05, 0.1) is 25.7 Å². The third-order valence-corrected chi connectivity index (χ3v) is 12.3. The first-order chi connectivity index (χ1) is 28.2. The summed E-state index contributed by atoms with van der Waals surface area (Å²) >= 11 is 0. The smallest absolute Gasteiger partial charge is 0.308 e. The van der Waals surface area contributed by atoms with Gasteiger partial charge in [-0.15, -0.1) is 0 Å². The Balaban J connectivity index is 4.44. The van der Waals surface area contributed by atoms with E-state index in [1.54, 1.807) is 0 Å². The van der Waals surface area contributed by atoms with E-state index in [0.29, 0.717) is 50.5 Å². The molecule has 0 unspecified atom stereocenters. The molecular weight excluding hydrogens is 723 g/mol. The minimum absolute atomic E-state index is 0.00441. The van der Waals surface area contributed by atoms with Gasteiger partial charge in [-0.25, -0.2) is 0 Å². The van der Waals surface area contributed by atoms with Gasteiger partial charge in [0.15, 0.2) is 0 Å². The molecule has 0 aliphatic carbocycles. The predicted molar refractivity (Wildman–Crippen MR) is 246 cm³/mol. The first-order valence-corrected chi connectivity index (χ1v) is 25.4. The minimum Gasteiger partial charge on any atom is -0.466 e. The molecule has 0 saturated heterocycles. The van der Waals surface area contributed by atoms with Crippen LogP contribution in [0.5, 0.6) is 0 Å². The van der Waals surface area contributed by atoms with Gasteiger partial charge < -0.3 is 19.1 Å². The maximum Gasteiger partial charge on any atom is 0.308 e. The zero-order valence-corrected chi connectivity index (χ0v) is 39.9. The van der Waals surface area contributed by atoms with E-state index in [1.807, 2.05) is 0 Å². The van der Waals surface area contributed by atoms with Gasteiger partial charge in [0.2, 0.25) is 0 Å². The predicted octanol–water partition coefficient (Wildman–Crippen LogP) is 14.8. The lowest BCUT2D eigenvalue weighted by molar-refractivity contribution is -0.149. The molecule has 0 aromatic heterocycles. The first-order valence-electron chi connectivity index (χ1n) is 25.4. The van der Waals surface area contributed by atoms with Gasteiger partial charge in [-0.05, 0) is 90.5 Å². The lowest BCUT2D eigenvalue weighted by atomic mass is 9.92. The molecule has 0 amide bonds. The highest BCUT2D eigenvalue weighted by atomic mass is 16.5. The summed E-state index contributed by atoms with van der Waals surface area (Å²) in [6, 6.07) is 0.490. The molecule has 0 aromatic rings. The summed E-state index contributed by atoms with van der Waals surface area (Å²) in [5, 5.41) is 0. The summed E-state index contributed by atoms with van der Waals surface area (Å²) in [5.74, 6) is 0.936. The molecule has 0 heterocycles. The second-order valence-electron chi connectivity index (χ2n) is 18.2. The zero-order valence-electron chi connectivity index (χ0n) is 39.9. The normalized spacial score (nSPS) is 11.8. The van der Waals surface area contributed by atoms with Crippen LogP contribution in [0.1, 0.15) is 253 Å². The molecule has 0 fully saturated rings. The van der Waals surface area contributed by atoms with Crippen molar-refractivity contribution >= 4 is 17.9 Å². The van der Waals surface area contributed by atoms with E-state index in [4.69, 9.17) is 14.2 Å². The second kappa shape index (κ2) is 42.1. The monoisotopic (exact) mass is 822 g/mol. The molecule has 7 nitrogen and oxygen atoms in total. The molecule has 0 N–H and O–H groups in total. The number of nitrogens with zero attached hydrogens (tertiary/aromatic N) is 1. The zero-order chi connectivity index (χ0) is 42.9. The van der Waals surface area contributed by atoms with E-state index in [9.17, 15) is 14.4 Å². The maximum absolute atomic E-state index is 13.2. The molecule has 0 aliphatic rings. The van der Waals surface area contributed by atoms with Gasteiger partial charge >= 0.3 is 17.9 Å². The number of carbonyl (C=O) groups is 3. The van der Waals surface area contributed by atoms with E-state index in [1.165, 1.54) is 77.0 Å². The molecule has 344 valence electrons. The Hall–Kier alpha value is -1.63. The molecule has 0 spiro atoms. The summed E-state index contributed by atoms with van der Waals surface area (Å²) in [5.41, 5.74) is 0. The average molecular weight is 822 g/mol. The lowest BCUT2D eigenvalue weighted by Crippen LogP contribution is -2.28. The van der Waals surface area contributed by atoms with Gasteiger partial charge in [0.1, 0.15) is 0 Å². The van der Waals surface area contributed by atoms with Crippen LogP contribution in [0, 0.1) is 17.8 Å². The van der Waals surface area contributed by atoms with Crippen LogP contribution in [-0.4, -0.2) is 62.3 Å². The van der Waals surface area contributed by atoms with Crippen molar-refractivity contribution in [3.8, 4) is 0 Å². The highest BCUT2D eigenvalue weighted by Crippen LogP contribution is 2.24. The van der Waals surface area contributed by atoms with Crippen molar-refractivity contribution in [2.45, 2.75) is 259 Å². The average Bonchev–Trinajstić information content (AvgIpc) is 3.20. The fraction of sp³-hybridized carbons (Fsp3) is 0.941. The van der Waals surface area contributed by atoms with Crippen molar-refractivity contribution < 1.29 is 28.6 Å². The van der Waals surface area contributed by atoms with E-state index in [2.05, 4.69) is 53.5 Å². The number of carbonyl (C=O) groups excluding carboxylic acids is 3. The van der Waals surface area contributed by atoms with Crippen LogP contribution in [0.2, 0.25) is 0 Å². The Morgan fingerprint density at radius 1 is 0.414 bits per heavy atom. The molecule has 0 aliphatic heterocycles. The molecular formula is C51H99NO6. The third kappa shape index (κ3) is 36.2. The molecule has 0 rings (SSSR count). The summed E-state index contributed by atoms with van der Waals surface area (Å²) in [4.78, 5) is 40.6. The molecule has 0 radical (unpaired) electrons. The summed E-state index contributed by atoms with van der Waals surface area (Å²) in [6.45, 7) is 15.8. The van der Waals surface area contributed by atoms with E-state index < -0.39 is 0 Å². The Labute approximate surface area is 361 Å². The topological polar surface area (TPSA) is 82.1 Å². The van der Waals surface area contributed by atoms with Gasteiger partial charge in [-0.1, -0.05) is 169 Å². The molecule has 0 saturated carbocycles. The van der Waals surface area contributed by atoms with Crippen molar-refractivity contribution in [3.63, 3.8) is 0 Å². The quantitative estimate of drug-likeness (QED) is 0.0344. The largest absolute Gasteiger partial charge is 0.466 e. The van der Waals surface area contributed by atoms with Gasteiger partial charge in [-0.3, -0.25) is 14.4 Å². The third-order valence-electron chi connectivity index (χ3n) is 12.3. The van der Waals surface area contributed by atoms with E-state index in [0.717, 1.165) is 129 Å². The number of ether oxygens (including phenoxy) is 3. The van der Waals surface area contributed by atoms with Crippen LogP contribution < -0.4 is 0 Å². The van der Waals surface area contributed by atoms with Crippen molar-refractivity contribution in [2.24, 2.45) is 17.8 Å². The SMILES string of the molecule is CCCCCC(CCCCC)CC(=O)OCCCCCCCCC(CCCCCCCCOC(=O)CC(CCCCC)CCCCC)C(=O)OCCCN(C)C(C)C. The van der Waals surface area contributed by atoms with Crippen LogP contribution >= 0.6 is 0 Å². The van der Waals surface area contributed by atoms with Crippen LogP contribution in [0.3, 0.4) is 0 Å². The maximum atomic E-state index is 13.2. The fourth-order valence-corrected chi connectivity index (χ4v) is 8.03. The fourth-order valence-electron chi connectivity index (χ4n) is 8.03. The highest BCUT2D eigenvalue weighted by Gasteiger charge is 2.20. The Bertz CT molecular complexity index is 849. The first kappa shape index (κ1) is 56.4. The molecule has 0 bridgehead atoms. The van der Waals surface area contributed by atoms with Crippen molar-refractivity contribution in [3.05, 3.63) is 0 Å². The number of esters is 3. The Kier molecular flexibility index (Phi) is 40.9. The van der Waals surface area contributed by atoms with Crippen molar-refractivity contribution in [1.29, 1.82) is 0 Å². The summed E-state index contributed by atoms with van der Waals surface area (Å²) < 4.78 is 17.1. The Morgan fingerprint density at radius 2 is 0.741 bits per heavy atom. The highest BCUT2D eigenvalue weighted by molar-refractivity contribution is 5.72. The molecule has 7 heteroatoms. The number of unbranched alkanes of at least 4 members (excludes halogenated alkanes) is 18. The molecule has 58 heavy (non-hydrogen) atoms. The van der Waals surface area contributed by atoms with Gasteiger partial charge in [-0.2, -0.15) is 0 Å². The van der Waals surface area contributed by atoms with Crippen molar-refractivity contribution in [1.82, 2.24) is 4.90 Å². The summed E-state index contributed by atoms with van der Waals surface area (Å²) in [7, 11) is 2.12. The van der Waals surface area contributed by atoms with Crippen LogP contribution in [0.15, 0.2) is 0 Å². The standard InChI is InChI=1S/C51H99NO6/c1-8-12-24-33-46(34-25-13-9-2)43-49(53)56-40-30-22-18-16-20-28-37-48(51(55)58-42-32-39-52(7)45(5)6)38-29-21-17-19-23-31-41-57-50(54)44-47(35-26-14-10-3)36-27-15-11-4/h45-48H,8-44H2,1-7H3. The van der Waals surface area contributed by atoms with Crippen LogP contribution in [-0.2, 0) is 28.6 Å².